The first-order valence-electron chi connectivity index (χ1n) is 9.10. The molecule has 0 saturated heterocycles. The van der Waals surface area contributed by atoms with Crippen molar-refractivity contribution in [2.45, 2.75) is 13.0 Å². The molecule has 0 spiro atoms. The molecule has 0 fully saturated rings. The van der Waals surface area contributed by atoms with Crippen LogP contribution in [0.1, 0.15) is 17.5 Å². The molecule has 0 aliphatic carbocycles. The number of carbonyl (C=O) groups is 1. The number of carbonyl (C=O) groups excluding carboxylic acids is 1. The van der Waals surface area contributed by atoms with E-state index in [9.17, 15) is 4.79 Å². The number of nitrogens with zero attached hydrogens (tertiary/aromatic N) is 4. The highest BCUT2D eigenvalue weighted by Gasteiger charge is 2.19. The van der Waals surface area contributed by atoms with Gasteiger partial charge in [0, 0.05) is 23.8 Å². The normalized spacial score (nSPS) is 13.9. The van der Waals surface area contributed by atoms with Crippen molar-refractivity contribution in [2.75, 3.05) is 18.4 Å². The van der Waals surface area contributed by atoms with Crippen molar-refractivity contribution in [2.24, 2.45) is 0 Å². The van der Waals surface area contributed by atoms with Crippen molar-refractivity contribution in [3.63, 3.8) is 0 Å². The summed E-state index contributed by atoms with van der Waals surface area (Å²) in [6.45, 7) is 1.78. The highest BCUT2D eigenvalue weighted by Crippen LogP contribution is 2.25. The molecule has 2 heterocycles. The fraction of sp³-hybridized carbons (Fsp3) is 0.190. The molecule has 2 aromatic carbocycles. The summed E-state index contributed by atoms with van der Waals surface area (Å²) in [6.07, 6.45) is 6.05. The Morgan fingerprint density at radius 2 is 2.07 bits per heavy atom. The molecule has 7 heteroatoms. The minimum Gasteiger partial charge on any atom is -0.320 e. The van der Waals surface area contributed by atoms with Crippen LogP contribution in [0.15, 0.2) is 67.3 Å². The van der Waals surface area contributed by atoms with Gasteiger partial charge in [0.2, 0.25) is 0 Å². The first kappa shape index (κ1) is 18.3. The molecule has 4 rings (SSSR count). The SMILES string of the molecule is O=C(Nc1ccccc1Cn1cncn1)N1CC=C(c2cccc(Cl)c2)CC1. The molecule has 1 aliphatic heterocycles. The van der Waals surface area contributed by atoms with Crippen LogP contribution < -0.4 is 5.32 Å². The average molecular weight is 394 g/mol. The number of urea groups is 1. The third kappa shape index (κ3) is 4.23. The number of amides is 2. The zero-order valence-corrected chi connectivity index (χ0v) is 16.0. The molecule has 1 aromatic heterocycles. The van der Waals surface area contributed by atoms with Crippen molar-refractivity contribution in [3.8, 4) is 0 Å². The van der Waals surface area contributed by atoms with Gasteiger partial charge in [-0.05, 0) is 41.3 Å². The second-order valence-corrected chi connectivity index (χ2v) is 7.05. The van der Waals surface area contributed by atoms with Gasteiger partial charge in [-0.25, -0.2) is 14.5 Å². The van der Waals surface area contributed by atoms with E-state index in [2.05, 4.69) is 21.5 Å². The standard InChI is InChI=1S/C21H20ClN5O/c22-19-6-3-5-17(12-19)16-8-10-26(11-9-16)21(28)25-20-7-2-1-4-18(20)13-27-15-23-14-24-27/h1-8,12,14-15H,9-11,13H2,(H,25,28). The zero-order valence-electron chi connectivity index (χ0n) is 15.3. The molecule has 0 saturated carbocycles. The van der Waals surface area contributed by atoms with Gasteiger partial charge < -0.3 is 10.2 Å². The second-order valence-electron chi connectivity index (χ2n) is 6.62. The van der Waals surface area contributed by atoms with Crippen LogP contribution in [0, 0.1) is 0 Å². The lowest BCUT2D eigenvalue weighted by Gasteiger charge is -2.27. The Labute approximate surface area is 168 Å². The molecule has 1 N–H and O–H groups in total. The predicted molar refractivity (Wildman–Crippen MR) is 110 cm³/mol. The summed E-state index contributed by atoms with van der Waals surface area (Å²) in [5, 5.41) is 7.89. The first-order valence-corrected chi connectivity index (χ1v) is 9.48. The zero-order chi connectivity index (χ0) is 19.3. The van der Waals surface area contributed by atoms with Crippen molar-refractivity contribution >= 4 is 28.9 Å². The summed E-state index contributed by atoms with van der Waals surface area (Å²) >= 11 is 6.09. The van der Waals surface area contributed by atoms with E-state index in [1.807, 2.05) is 48.5 Å². The molecule has 1 aliphatic rings. The van der Waals surface area contributed by atoms with Crippen LogP contribution in [0.4, 0.5) is 10.5 Å². The quantitative estimate of drug-likeness (QED) is 0.718. The average Bonchev–Trinajstić information content (AvgIpc) is 3.23. The smallest absolute Gasteiger partial charge is 0.320 e. The van der Waals surface area contributed by atoms with Crippen LogP contribution in [0.5, 0.6) is 0 Å². The minimum absolute atomic E-state index is 0.104. The van der Waals surface area contributed by atoms with Crippen molar-refractivity contribution in [1.82, 2.24) is 19.7 Å². The number of hydrogen-bond acceptors (Lipinski definition) is 3. The summed E-state index contributed by atoms with van der Waals surface area (Å²) in [7, 11) is 0. The number of benzene rings is 2. The van der Waals surface area contributed by atoms with Gasteiger partial charge in [0.05, 0.1) is 6.54 Å². The van der Waals surface area contributed by atoms with Gasteiger partial charge >= 0.3 is 6.03 Å². The Morgan fingerprint density at radius 3 is 2.82 bits per heavy atom. The molecule has 28 heavy (non-hydrogen) atoms. The number of hydrogen-bond donors (Lipinski definition) is 1. The summed E-state index contributed by atoms with van der Waals surface area (Å²) in [4.78, 5) is 18.5. The largest absolute Gasteiger partial charge is 0.322 e. The van der Waals surface area contributed by atoms with Gasteiger partial charge in [0.1, 0.15) is 12.7 Å². The molecular weight excluding hydrogens is 374 g/mol. The molecule has 0 bridgehead atoms. The van der Waals surface area contributed by atoms with Crippen LogP contribution in [0.2, 0.25) is 5.02 Å². The lowest BCUT2D eigenvalue weighted by Crippen LogP contribution is -2.38. The summed E-state index contributed by atoms with van der Waals surface area (Å²) < 4.78 is 1.73. The number of rotatable bonds is 4. The molecule has 0 unspecified atom stereocenters. The van der Waals surface area contributed by atoms with Crippen LogP contribution in [0.25, 0.3) is 5.57 Å². The van der Waals surface area contributed by atoms with Crippen molar-refractivity contribution in [3.05, 3.63) is 83.4 Å². The van der Waals surface area contributed by atoms with E-state index in [0.717, 1.165) is 28.3 Å². The molecule has 142 valence electrons. The number of aromatic nitrogens is 3. The molecule has 6 nitrogen and oxygen atoms in total. The lowest BCUT2D eigenvalue weighted by molar-refractivity contribution is 0.217. The van der Waals surface area contributed by atoms with Gasteiger partial charge in [-0.2, -0.15) is 5.10 Å². The Bertz CT molecular complexity index is 1000. The monoisotopic (exact) mass is 393 g/mol. The van der Waals surface area contributed by atoms with E-state index in [1.165, 1.54) is 11.9 Å². The predicted octanol–water partition coefficient (Wildman–Crippen LogP) is 4.30. The van der Waals surface area contributed by atoms with E-state index in [1.54, 1.807) is 15.9 Å². The Morgan fingerprint density at radius 1 is 1.18 bits per heavy atom. The third-order valence-electron chi connectivity index (χ3n) is 4.75. The maximum atomic E-state index is 12.7. The maximum Gasteiger partial charge on any atom is 0.322 e. The molecule has 0 atom stereocenters. The number of anilines is 1. The van der Waals surface area contributed by atoms with E-state index in [-0.39, 0.29) is 6.03 Å². The van der Waals surface area contributed by atoms with Crippen molar-refractivity contribution in [1.29, 1.82) is 0 Å². The second kappa shape index (κ2) is 8.27. The highest BCUT2D eigenvalue weighted by molar-refractivity contribution is 6.30. The Kier molecular flexibility index (Phi) is 5.39. The summed E-state index contributed by atoms with van der Waals surface area (Å²) in [6, 6.07) is 15.5. The van der Waals surface area contributed by atoms with Gasteiger partial charge in [0.25, 0.3) is 0 Å². The Hall–Kier alpha value is -3.12. The van der Waals surface area contributed by atoms with Gasteiger partial charge in [-0.15, -0.1) is 0 Å². The van der Waals surface area contributed by atoms with Gasteiger partial charge in [-0.3, -0.25) is 0 Å². The number of nitrogens with one attached hydrogen (secondary N) is 1. The summed E-state index contributed by atoms with van der Waals surface area (Å²) in [5.41, 5.74) is 4.10. The number of halogens is 1. The van der Waals surface area contributed by atoms with E-state index in [4.69, 9.17) is 11.6 Å². The van der Waals surface area contributed by atoms with Crippen LogP contribution in [-0.4, -0.2) is 38.8 Å². The van der Waals surface area contributed by atoms with Crippen LogP contribution >= 0.6 is 11.6 Å². The molecule has 0 radical (unpaired) electrons. The van der Waals surface area contributed by atoms with Crippen LogP contribution in [-0.2, 0) is 6.54 Å². The lowest BCUT2D eigenvalue weighted by atomic mass is 10.00. The van der Waals surface area contributed by atoms with Gasteiger partial charge in [-0.1, -0.05) is 48.0 Å². The Balaban J connectivity index is 1.43. The van der Waals surface area contributed by atoms with E-state index >= 15 is 0 Å². The van der Waals surface area contributed by atoms with Crippen molar-refractivity contribution < 1.29 is 4.79 Å². The molecular formula is C21H20ClN5O. The summed E-state index contributed by atoms with van der Waals surface area (Å²) in [5.74, 6) is 0. The van der Waals surface area contributed by atoms with E-state index < -0.39 is 0 Å². The van der Waals surface area contributed by atoms with E-state index in [0.29, 0.717) is 19.6 Å². The maximum absolute atomic E-state index is 12.7. The fourth-order valence-electron chi connectivity index (χ4n) is 3.27. The molecule has 2 amide bonds. The van der Waals surface area contributed by atoms with Crippen LogP contribution in [0.3, 0.4) is 0 Å². The molecule has 3 aromatic rings. The minimum atomic E-state index is -0.104. The number of para-hydroxylation sites is 1. The fourth-order valence-corrected chi connectivity index (χ4v) is 3.46. The highest BCUT2D eigenvalue weighted by atomic mass is 35.5. The van der Waals surface area contributed by atoms with Gasteiger partial charge in [0.15, 0.2) is 0 Å². The topological polar surface area (TPSA) is 63.1 Å². The first-order chi connectivity index (χ1) is 13.7. The third-order valence-corrected chi connectivity index (χ3v) is 4.98.